The molecule has 126 valence electrons. The standard InChI is InChI=1S/C18H27N3O2/c1-19-11-12-21(14-17(19)13-20-9-5-6-10-20)18(22)23-15-16-7-3-2-4-8-16/h2-4,7-8,17H,5-6,9-15H2,1H3/t17-/m0/s1. The van der Waals surface area contributed by atoms with Crippen molar-refractivity contribution in [3.05, 3.63) is 35.9 Å². The molecule has 0 spiro atoms. The highest BCUT2D eigenvalue weighted by Gasteiger charge is 2.30. The Morgan fingerprint density at radius 1 is 1.13 bits per heavy atom. The number of likely N-dealkylation sites (tertiary alicyclic amines) is 1. The van der Waals surface area contributed by atoms with Gasteiger partial charge in [0.2, 0.25) is 0 Å². The van der Waals surface area contributed by atoms with Gasteiger partial charge in [-0.15, -0.1) is 0 Å². The fourth-order valence-corrected chi connectivity index (χ4v) is 3.38. The molecule has 1 amide bonds. The van der Waals surface area contributed by atoms with E-state index >= 15 is 0 Å². The normalized spacial score (nSPS) is 23.2. The van der Waals surface area contributed by atoms with Crippen molar-refractivity contribution in [1.82, 2.24) is 14.7 Å². The lowest BCUT2D eigenvalue weighted by Gasteiger charge is -2.40. The fourth-order valence-electron chi connectivity index (χ4n) is 3.38. The molecular formula is C18H27N3O2. The maximum absolute atomic E-state index is 12.3. The van der Waals surface area contributed by atoms with E-state index in [1.807, 2.05) is 35.2 Å². The molecule has 3 rings (SSSR count). The summed E-state index contributed by atoms with van der Waals surface area (Å²) in [6.45, 7) is 6.23. The van der Waals surface area contributed by atoms with Crippen molar-refractivity contribution in [2.45, 2.75) is 25.5 Å². The highest BCUT2D eigenvalue weighted by Crippen LogP contribution is 2.15. The van der Waals surface area contributed by atoms with Crippen LogP contribution in [-0.4, -0.2) is 73.2 Å². The maximum Gasteiger partial charge on any atom is 0.410 e. The number of likely N-dealkylation sites (N-methyl/N-ethyl adjacent to an activating group) is 1. The van der Waals surface area contributed by atoms with E-state index < -0.39 is 0 Å². The quantitative estimate of drug-likeness (QED) is 0.851. The van der Waals surface area contributed by atoms with Gasteiger partial charge in [-0.3, -0.25) is 4.90 Å². The third-order valence-electron chi connectivity index (χ3n) is 4.91. The summed E-state index contributed by atoms with van der Waals surface area (Å²) in [4.78, 5) is 19.1. The van der Waals surface area contributed by atoms with Crippen LogP contribution >= 0.6 is 0 Å². The number of rotatable bonds is 4. The molecule has 0 radical (unpaired) electrons. The first-order chi connectivity index (χ1) is 11.2. The van der Waals surface area contributed by atoms with Crippen molar-refractivity contribution >= 4 is 6.09 Å². The van der Waals surface area contributed by atoms with Gasteiger partial charge in [0.25, 0.3) is 0 Å². The molecule has 2 aliphatic rings. The molecular weight excluding hydrogens is 290 g/mol. The minimum atomic E-state index is -0.187. The average molecular weight is 317 g/mol. The molecule has 0 bridgehead atoms. The number of ether oxygens (including phenoxy) is 1. The van der Waals surface area contributed by atoms with Crippen LogP contribution in [0, 0.1) is 0 Å². The lowest BCUT2D eigenvalue weighted by atomic mass is 10.1. The Balaban J connectivity index is 1.49. The second-order valence-corrected chi connectivity index (χ2v) is 6.63. The summed E-state index contributed by atoms with van der Waals surface area (Å²) in [5.41, 5.74) is 1.03. The van der Waals surface area contributed by atoms with E-state index in [-0.39, 0.29) is 6.09 Å². The van der Waals surface area contributed by atoms with Crippen LogP contribution in [-0.2, 0) is 11.3 Å². The molecule has 0 unspecified atom stereocenters. The molecule has 2 aliphatic heterocycles. The molecule has 23 heavy (non-hydrogen) atoms. The van der Waals surface area contributed by atoms with Gasteiger partial charge in [0.05, 0.1) is 0 Å². The predicted octanol–water partition coefficient (Wildman–Crippen LogP) is 2.04. The van der Waals surface area contributed by atoms with Gasteiger partial charge in [-0.2, -0.15) is 0 Å². The van der Waals surface area contributed by atoms with Crippen molar-refractivity contribution in [3.63, 3.8) is 0 Å². The fraction of sp³-hybridized carbons (Fsp3) is 0.611. The van der Waals surface area contributed by atoms with Gasteiger partial charge in [-0.1, -0.05) is 30.3 Å². The van der Waals surface area contributed by atoms with Crippen LogP contribution in [0.3, 0.4) is 0 Å². The van der Waals surface area contributed by atoms with E-state index in [1.54, 1.807) is 0 Å². The Morgan fingerprint density at radius 3 is 2.61 bits per heavy atom. The van der Waals surface area contributed by atoms with E-state index in [4.69, 9.17) is 4.74 Å². The Kier molecular flexibility index (Phi) is 5.51. The zero-order chi connectivity index (χ0) is 16.1. The summed E-state index contributed by atoms with van der Waals surface area (Å²) in [5.74, 6) is 0. The number of nitrogens with zero attached hydrogens (tertiary/aromatic N) is 3. The molecule has 0 N–H and O–H groups in total. The third kappa shape index (κ3) is 4.45. The maximum atomic E-state index is 12.3. The van der Waals surface area contributed by atoms with Crippen LogP contribution in [0.4, 0.5) is 4.79 Å². The van der Waals surface area contributed by atoms with Crippen molar-refractivity contribution in [2.75, 3.05) is 46.3 Å². The first kappa shape index (κ1) is 16.3. The van der Waals surface area contributed by atoms with Gasteiger partial charge in [0.1, 0.15) is 6.61 Å². The van der Waals surface area contributed by atoms with Crippen LogP contribution in [0.5, 0.6) is 0 Å². The molecule has 1 atom stereocenters. The summed E-state index contributed by atoms with van der Waals surface area (Å²) < 4.78 is 5.48. The Hall–Kier alpha value is -1.59. The minimum Gasteiger partial charge on any atom is -0.445 e. The number of piperazine rings is 1. The van der Waals surface area contributed by atoms with Crippen LogP contribution in [0.15, 0.2) is 30.3 Å². The van der Waals surface area contributed by atoms with Gasteiger partial charge in [0.15, 0.2) is 0 Å². The van der Waals surface area contributed by atoms with Crippen LogP contribution < -0.4 is 0 Å². The zero-order valence-electron chi connectivity index (χ0n) is 14.0. The summed E-state index contributed by atoms with van der Waals surface area (Å²) in [6.07, 6.45) is 2.42. The molecule has 2 heterocycles. The van der Waals surface area contributed by atoms with E-state index in [9.17, 15) is 4.79 Å². The molecule has 5 heteroatoms. The topological polar surface area (TPSA) is 36.0 Å². The molecule has 0 aliphatic carbocycles. The largest absolute Gasteiger partial charge is 0.445 e. The molecule has 2 fully saturated rings. The molecule has 1 aromatic carbocycles. The first-order valence-electron chi connectivity index (χ1n) is 8.60. The second-order valence-electron chi connectivity index (χ2n) is 6.63. The Morgan fingerprint density at radius 2 is 1.87 bits per heavy atom. The highest BCUT2D eigenvalue weighted by atomic mass is 16.6. The minimum absolute atomic E-state index is 0.187. The van der Waals surface area contributed by atoms with Gasteiger partial charge in [0, 0.05) is 32.2 Å². The number of hydrogen-bond acceptors (Lipinski definition) is 4. The number of carbonyl (C=O) groups excluding carboxylic acids is 1. The summed E-state index contributed by atoms with van der Waals surface area (Å²) in [7, 11) is 2.16. The van der Waals surface area contributed by atoms with Crippen LogP contribution in [0.2, 0.25) is 0 Å². The van der Waals surface area contributed by atoms with Gasteiger partial charge in [-0.25, -0.2) is 4.79 Å². The van der Waals surface area contributed by atoms with E-state index in [0.717, 1.165) is 31.7 Å². The van der Waals surface area contributed by atoms with Gasteiger partial charge in [-0.05, 0) is 38.5 Å². The predicted molar refractivity (Wildman–Crippen MR) is 90.3 cm³/mol. The lowest BCUT2D eigenvalue weighted by Crippen LogP contribution is -2.56. The van der Waals surface area contributed by atoms with Crippen LogP contribution in [0.25, 0.3) is 0 Å². The van der Waals surface area contributed by atoms with E-state index in [2.05, 4.69) is 16.8 Å². The molecule has 0 saturated carbocycles. The SMILES string of the molecule is CN1CCN(C(=O)OCc2ccccc2)C[C@@H]1CN1CCCC1. The summed E-state index contributed by atoms with van der Waals surface area (Å²) >= 11 is 0. The molecule has 0 aromatic heterocycles. The molecule has 1 aromatic rings. The summed E-state index contributed by atoms with van der Waals surface area (Å²) in [6, 6.07) is 10.3. The van der Waals surface area contributed by atoms with Crippen molar-refractivity contribution in [2.24, 2.45) is 0 Å². The second kappa shape index (κ2) is 7.79. The van der Waals surface area contributed by atoms with E-state index in [1.165, 1.54) is 25.9 Å². The number of carbonyl (C=O) groups is 1. The van der Waals surface area contributed by atoms with Gasteiger partial charge >= 0.3 is 6.09 Å². The monoisotopic (exact) mass is 317 g/mol. The van der Waals surface area contributed by atoms with Crippen LogP contribution in [0.1, 0.15) is 18.4 Å². The van der Waals surface area contributed by atoms with Crippen molar-refractivity contribution < 1.29 is 9.53 Å². The van der Waals surface area contributed by atoms with Crippen molar-refractivity contribution in [1.29, 1.82) is 0 Å². The third-order valence-corrected chi connectivity index (χ3v) is 4.91. The number of amides is 1. The van der Waals surface area contributed by atoms with E-state index in [0.29, 0.717) is 12.6 Å². The Labute approximate surface area is 138 Å². The lowest BCUT2D eigenvalue weighted by molar-refractivity contribution is 0.0476. The number of hydrogen-bond donors (Lipinski definition) is 0. The summed E-state index contributed by atoms with van der Waals surface area (Å²) in [5, 5.41) is 0. The Bertz CT molecular complexity index is 502. The van der Waals surface area contributed by atoms with Gasteiger partial charge < -0.3 is 14.5 Å². The highest BCUT2D eigenvalue weighted by molar-refractivity contribution is 5.67. The number of benzene rings is 1. The van der Waals surface area contributed by atoms with Crippen molar-refractivity contribution in [3.8, 4) is 0 Å². The first-order valence-corrected chi connectivity index (χ1v) is 8.60. The smallest absolute Gasteiger partial charge is 0.410 e. The molecule has 5 nitrogen and oxygen atoms in total. The molecule has 2 saturated heterocycles. The zero-order valence-corrected chi connectivity index (χ0v) is 14.0. The average Bonchev–Trinajstić information content (AvgIpc) is 3.09.